The molecule has 0 bridgehead atoms. The molecule has 1 N–H and O–H groups in total. The zero-order chi connectivity index (χ0) is 14.1. The van der Waals surface area contributed by atoms with Crippen molar-refractivity contribution in [3.63, 3.8) is 0 Å². The van der Waals surface area contributed by atoms with Crippen molar-refractivity contribution in [1.29, 1.82) is 0 Å². The lowest BCUT2D eigenvalue weighted by Crippen LogP contribution is -2.24. The molecule has 20 heavy (non-hydrogen) atoms. The second kappa shape index (κ2) is 4.96. The zero-order valence-electron chi connectivity index (χ0n) is 11.6. The van der Waals surface area contributed by atoms with E-state index in [1.807, 2.05) is 44.3 Å². The summed E-state index contributed by atoms with van der Waals surface area (Å²) < 4.78 is 5.57. The Kier molecular flexibility index (Phi) is 3.14. The van der Waals surface area contributed by atoms with E-state index in [1.165, 1.54) is 0 Å². The van der Waals surface area contributed by atoms with Crippen molar-refractivity contribution < 1.29 is 9.53 Å². The summed E-state index contributed by atoms with van der Waals surface area (Å²) in [5.41, 5.74) is 4.74. The van der Waals surface area contributed by atoms with E-state index >= 15 is 0 Å². The number of hydrogen-bond acceptors (Lipinski definition) is 3. The lowest BCUT2D eigenvalue weighted by atomic mass is 9.99. The maximum atomic E-state index is 12.0. The molecule has 3 rings (SSSR count). The van der Waals surface area contributed by atoms with Crippen molar-refractivity contribution in [2.45, 2.75) is 13.8 Å². The average Bonchev–Trinajstić information content (AvgIpc) is 2.63. The van der Waals surface area contributed by atoms with Gasteiger partial charge in [0.25, 0.3) is 5.91 Å². The molecule has 0 radical (unpaired) electrons. The summed E-state index contributed by atoms with van der Waals surface area (Å²) in [6, 6.07) is 7.77. The topological polar surface area (TPSA) is 51.2 Å². The van der Waals surface area contributed by atoms with Crippen LogP contribution >= 0.6 is 0 Å². The summed E-state index contributed by atoms with van der Waals surface area (Å²) in [7, 11) is 0. The number of rotatable bonds is 1. The molecular formula is C16H16N2O2. The van der Waals surface area contributed by atoms with E-state index in [1.54, 1.807) is 0 Å². The van der Waals surface area contributed by atoms with Gasteiger partial charge in [-0.15, -0.1) is 0 Å². The number of pyridine rings is 1. The van der Waals surface area contributed by atoms with Crippen molar-refractivity contribution in [3.8, 4) is 16.9 Å². The standard InChI is InChI=1S/C16H16N2O2/c1-10-9-18-11(2)7-13(10)12-3-4-15-14(8-12)16(19)17-5-6-20-15/h3-4,7-9H,5-6H2,1-2H3,(H,17,19). The van der Waals surface area contributed by atoms with Gasteiger partial charge in [0.15, 0.2) is 0 Å². The SMILES string of the molecule is Cc1cc(-c2ccc3c(c2)C(=O)NCCO3)c(C)cn1. The summed E-state index contributed by atoms with van der Waals surface area (Å²) in [4.78, 5) is 16.3. The Labute approximate surface area is 117 Å². The third-order valence-corrected chi connectivity index (χ3v) is 3.42. The second-order valence-corrected chi connectivity index (χ2v) is 4.96. The number of carbonyl (C=O) groups excluding carboxylic acids is 1. The molecule has 1 aromatic heterocycles. The summed E-state index contributed by atoms with van der Waals surface area (Å²) in [5, 5.41) is 2.83. The van der Waals surface area contributed by atoms with Crippen LogP contribution in [-0.2, 0) is 0 Å². The van der Waals surface area contributed by atoms with Gasteiger partial charge in [-0.05, 0) is 48.7 Å². The number of ether oxygens (including phenoxy) is 1. The van der Waals surface area contributed by atoms with Gasteiger partial charge in [0.1, 0.15) is 12.4 Å². The fourth-order valence-electron chi connectivity index (χ4n) is 2.36. The first-order chi connectivity index (χ1) is 9.65. The Bertz CT molecular complexity index is 680. The molecule has 0 spiro atoms. The molecular weight excluding hydrogens is 252 g/mol. The van der Waals surface area contributed by atoms with Gasteiger partial charge in [-0.2, -0.15) is 0 Å². The third kappa shape index (κ3) is 2.25. The van der Waals surface area contributed by atoms with E-state index in [4.69, 9.17) is 4.74 Å². The van der Waals surface area contributed by atoms with E-state index in [0.717, 1.165) is 22.4 Å². The van der Waals surface area contributed by atoms with Crippen LogP contribution in [-0.4, -0.2) is 24.0 Å². The summed E-state index contributed by atoms with van der Waals surface area (Å²) >= 11 is 0. The highest BCUT2D eigenvalue weighted by Gasteiger charge is 2.17. The molecule has 0 atom stereocenters. The Morgan fingerprint density at radius 1 is 1.20 bits per heavy atom. The molecule has 4 heteroatoms. The summed E-state index contributed by atoms with van der Waals surface area (Å²) in [6.45, 7) is 5.02. The molecule has 1 amide bonds. The third-order valence-electron chi connectivity index (χ3n) is 3.42. The Morgan fingerprint density at radius 3 is 2.90 bits per heavy atom. The van der Waals surface area contributed by atoms with Gasteiger partial charge in [0.2, 0.25) is 0 Å². The van der Waals surface area contributed by atoms with Gasteiger partial charge in [0.05, 0.1) is 12.1 Å². The molecule has 4 nitrogen and oxygen atoms in total. The molecule has 1 aromatic carbocycles. The van der Waals surface area contributed by atoms with Gasteiger partial charge in [-0.3, -0.25) is 9.78 Å². The van der Waals surface area contributed by atoms with Crippen LogP contribution in [0.3, 0.4) is 0 Å². The second-order valence-electron chi connectivity index (χ2n) is 4.96. The van der Waals surface area contributed by atoms with E-state index in [2.05, 4.69) is 10.3 Å². The van der Waals surface area contributed by atoms with Crippen molar-refractivity contribution in [2.24, 2.45) is 0 Å². The predicted octanol–water partition coefficient (Wildman–Crippen LogP) is 2.49. The van der Waals surface area contributed by atoms with E-state index in [9.17, 15) is 4.79 Å². The minimum absolute atomic E-state index is 0.0808. The maximum absolute atomic E-state index is 12.0. The number of aromatic nitrogens is 1. The van der Waals surface area contributed by atoms with Gasteiger partial charge in [0, 0.05) is 11.9 Å². The van der Waals surface area contributed by atoms with Crippen molar-refractivity contribution >= 4 is 5.91 Å². The van der Waals surface area contributed by atoms with E-state index in [0.29, 0.717) is 24.5 Å². The van der Waals surface area contributed by atoms with Gasteiger partial charge in [-0.25, -0.2) is 0 Å². The van der Waals surface area contributed by atoms with Crippen LogP contribution in [0.2, 0.25) is 0 Å². The quantitative estimate of drug-likeness (QED) is 0.864. The van der Waals surface area contributed by atoms with Crippen molar-refractivity contribution in [3.05, 3.63) is 47.3 Å². The van der Waals surface area contributed by atoms with E-state index < -0.39 is 0 Å². The van der Waals surface area contributed by atoms with Crippen LogP contribution in [0, 0.1) is 13.8 Å². The number of amides is 1. The Morgan fingerprint density at radius 2 is 2.05 bits per heavy atom. The highest BCUT2D eigenvalue weighted by Crippen LogP contribution is 2.29. The van der Waals surface area contributed by atoms with Crippen LogP contribution in [0.1, 0.15) is 21.6 Å². The lowest BCUT2D eigenvalue weighted by Gasteiger charge is -2.10. The normalized spacial score (nSPS) is 14.0. The highest BCUT2D eigenvalue weighted by molar-refractivity contribution is 5.98. The number of aryl methyl sites for hydroxylation is 2. The predicted molar refractivity (Wildman–Crippen MR) is 77.0 cm³/mol. The highest BCUT2D eigenvalue weighted by atomic mass is 16.5. The summed E-state index contributed by atoms with van der Waals surface area (Å²) in [5.74, 6) is 0.565. The number of benzene rings is 1. The molecule has 1 aliphatic rings. The maximum Gasteiger partial charge on any atom is 0.255 e. The van der Waals surface area contributed by atoms with Crippen LogP contribution < -0.4 is 10.1 Å². The fraction of sp³-hybridized carbons (Fsp3) is 0.250. The first-order valence-electron chi connectivity index (χ1n) is 6.64. The number of fused-ring (bicyclic) bond motifs is 1. The average molecular weight is 268 g/mol. The molecule has 0 saturated heterocycles. The Hall–Kier alpha value is -2.36. The van der Waals surface area contributed by atoms with E-state index in [-0.39, 0.29) is 5.91 Å². The number of nitrogens with one attached hydrogen (secondary N) is 1. The van der Waals surface area contributed by atoms with Crippen molar-refractivity contribution in [1.82, 2.24) is 10.3 Å². The largest absolute Gasteiger partial charge is 0.491 e. The molecule has 2 aromatic rings. The van der Waals surface area contributed by atoms with Gasteiger partial charge < -0.3 is 10.1 Å². The number of carbonyl (C=O) groups is 1. The lowest BCUT2D eigenvalue weighted by molar-refractivity contribution is 0.0957. The minimum atomic E-state index is -0.0808. The molecule has 0 fully saturated rings. The number of hydrogen-bond donors (Lipinski definition) is 1. The molecule has 2 heterocycles. The first-order valence-corrected chi connectivity index (χ1v) is 6.64. The summed E-state index contributed by atoms with van der Waals surface area (Å²) in [6.07, 6.45) is 1.85. The molecule has 102 valence electrons. The first kappa shape index (κ1) is 12.7. The molecule has 0 unspecified atom stereocenters. The number of nitrogens with zero attached hydrogens (tertiary/aromatic N) is 1. The van der Waals surface area contributed by atoms with Gasteiger partial charge in [-0.1, -0.05) is 6.07 Å². The van der Waals surface area contributed by atoms with Crippen LogP contribution in [0.5, 0.6) is 5.75 Å². The molecule has 0 saturated carbocycles. The molecule has 0 aliphatic carbocycles. The van der Waals surface area contributed by atoms with Crippen molar-refractivity contribution in [2.75, 3.05) is 13.2 Å². The van der Waals surface area contributed by atoms with Crippen LogP contribution in [0.15, 0.2) is 30.5 Å². The monoisotopic (exact) mass is 268 g/mol. The van der Waals surface area contributed by atoms with Gasteiger partial charge >= 0.3 is 0 Å². The molecule has 1 aliphatic heterocycles. The smallest absolute Gasteiger partial charge is 0.255 e. The van der Waals surface area contributed by atoms with Crippen LogP contribution in [0.4, 0.5) is 0 Å². The van der Waals surface area contributed by atoms with Crippen LogP contribution in [0.25, 0.3) is 11.1 Å². The Balaban J connectivity index is 2.12. The minimum Gasteiger partial charge on any atom is -0.491 e. The fourth-order valence-corrected chi connectivity index (χ4v) is 2.36. The zero-order valence-corrected chi connectivity index (χ0v) is 11.6.